The molecular formula is C21H33N2O4+. The van der Waals surface area contributed by atoms with E-state index in [0.717, 1.165) is 6.54 Å². The molecule has 0 aromatic heterocycles. The summed E-state index contributed by atoms with van der Waals surface area (Å²) in [5, 5.41) is 21.4. The van der Waals surface area contributed by atoms with Crippen LogP contribution in [0.2, 0.25) is 0 Å². The number of nitrogens with zero attached hydrogens (tertiary/aromatic N) is 1. The van der Waals surface area contributed by atoms with Gasteiger partial charge in [0.2, 0.25) is 0 Å². The highest BCUT2D eigenvalue weighted by Gasteiger charge is 2.33. The van der Waals surface area contributed by atoms with Crippen LogP contribution in [-0.2, 0) is 0 Å². The number of hydrogen-bond acceptors (Lipinski definition) is 4. The van der Waals surface area contributed by atoms with Gasteiger partial charge in [-0.3, -0.25) is 10.1 Å². The van der Waals surface area contributed by atoms with Gasteiger partial charge in [0.25, 0.3) is 5.69 Å². The normalized spacial score (nSPS) is 20.5. The molecule has 0 unspecified atom stereocenters. The van der Waals surface area contributed by atoms with Crippen molar-refractivity contribution in [2.45, 2.75) is 82.4 Å². The first kappa shape index (κ1) is 20.1. The molecule has 0 heterocycles. The van der Waals surface area contributed by atoms with E-state index < -0.39 is 11.0 Å². The van der Waals surface area contributed by atoms with E-state index in [2.05, 4.69) is 0 Å². The Balaban J connectivity index is 1.54. The molecule has 1 aromatic rings. The molecule has 2 saturated carbocycles. The molecule has 2 fully saturated rings. The smallest absolute Gasteiger partial charge is 0.269 e. The van der Waals surface area contributed by atoms with Gasteiger partial charge in [-0.2, -0.15) is 0 Å². The zero-order valence-electron chi connectivity index (χ0n) is 16.1. The van der Waals surface area contributed by atoms with E-state index in [4.69, 9.17) is 4.74 Å². The number of quaternary nitrogens is 1. The van der Waals surface area contributed by atoms with E-state index in [1.54, 1.807) is 17.0 Å². The largest absolute Gasteiger partial charge is 0.491 e. The van der Waals surface area contributed by atoms with Crippen molar-refractivity contribution in [2.24, 2.45) is 0 Å². The Labute approximate surface area is 161 Å². The molecule has 27 heavy (non-hydrogen) atoms. The molecule has 0 spiro atoms. The van der Waals surface area contributed by atoms with Gasteiger partial charge < -0.3 is 14.7 Å². The third-order valence-electron chi connectivity index (χ3n) is 6.22. The second-order valence-corrected chi connectivity index (χ2v) is 8.16. The lowest BCUT2D eigenvalue weighted by molar-refractivity contribution is -0.955. The van der Waals surface area contributed by atoms with Gasteiger partial charge in [0.05, 0.1) is 17.0 Å². The summed E-state index contributed by atoms with van der Waals surface area (Å²) in [6.45, 7) is 0.975. The number of nitro groups is 1. The quantitative estimate of drug-likeness (QED) is 0.539. The molecule has 2 aliphatic carbocycles. The average molecular weight is 378 g/mol. The fraction of sp³-hybridized carbons (Fsp3) is 0.714. The fourth-order valence-corrected chi connectivity index (χ4v) is 4.80. The molecule has 1 aromatic carbocycles. The van der Waals surface area contributed by atoms with E-state index in [0.29, 0.717) is 17.8 Å². The first-order valence-corrected chi connectivity index (χ1v) is 10.5. The van der Waals surface area contributed by atoms with E-state index in [-0.39, 0.29) is 12.3 Å². The highest BCUT2D eigenvalue weighted by atomic mass is 16.6. The molecule has 6 nitrogen and oxygen atoms in total. The Kier molecular flexibility index (Phi) is 7.47. The van der Waals surface area contributed by atoms with Gasteiger partial charge in [-0.05, 0) is 63.5 Å². The lowest BCUT2D eigenvalue weighted by Crippen LogP contribution is -3.20. The molecule has 150 valence electrons. The number of aliphatic hydroxyl groups is 1. The average Bonchev–Trinajstić information content (AvgIpc) is 2.72. The Hall–Kier alpha value is -1.66. The van der Waals surface area contributed by atoms with Crippen LogP contribution < -0.4 is 9.64 Å². The van der Waals surface area contributed by atoms with Crippen molar-refractivity contribution in [2.75, 3.05) is 13.2 Å². The zero-order chi connectivity index (χ0) is 19.1. The van der Waals surface area contributed by atoms with E-state index >= 15 is 0 Å². The summed E-state index contributed by atoms with van der Waals surface area (Å²) >= 11 is 0. The number of ether oxygens (including phenoxy) is 1. The van der Waals surface area contributed by atoms with Crippen LogP contribution in [-0.4, -0.2) is 41.4 Å². The molecule has 6 heteroatoms. The van der Waals surface area contributed by atoms with Crippen LogP contribution in [0.4, 0.5) is 5.69 Å². The summed E-state index contributed by atoms with van der Waals surface area (Å²) in [6, 6.07) is 7.41. The third-order valence-corrected chi connectivity index (χ3v) is 6.22. The monoisotopic (exact) mass is 377 g/mol. The Morgan fingerprint density at radius 3 is 2.00 bits per heavy atom. The number of nitro benzene ring substituents is 1. The lowest BCUT2D eigenvalue weighted by atomic mass is 9.88. The van der Waals surface area contributed by atoms with Crippen LogP contribution in [0, 0.1) is 10.1 Å². The highest BCUT2D eigenvalue weighted by molar-refractivity contribution is 5.35. The SMILES string of the molecule is O=[N+]([O-])c1ccc(OC[C@@H](O)C[NH+](C2CCCCC2)C2CCCCC2)cc1. The van der Waals surface area contributed by atoms with Crippen LogP contribution >= 0.6 is 0 Å². The summed E-state index contributed by atoms with van der Waals surface area (Å²) in [6.07, 6.45) is 12.6. The summed E-state index contributed by atoms with van der Waals surface area (Å²) in [7, 11) is 0. The van der Waals surface area contributed by atoms with E-state index in [1.165, 1.54) is 76.3 Å². The number of non-ortho nitro benzene ring substituents is 1. The second-order valence-electron chi connectivity index (χ2n) is 8.16. The number of rotatable bonds is 8. The van der Waals surface area contributed by atoms with Gasteiger partial charge in [0.15, 0.2) is 0 Å². The first-order chi connectivity index (χ1) is 13.1. The van der Waals surface area contributed by atoms with Crippen molar-refractivity contribution in [1.29, 1.82) is 0 Å². The predicted octanol–water partition coefficient (Wildman–Crippen LogP) is 2.88. The second kappa shape index (κ2) is 10.0. The van der Waals surface area contributed by atoms with E-state index in [9.17, 15) is 15.2 Å². The van der Waals surface area contributed by atoms with Crippen LogP contribution in [0.5, 0.6) is 5.75 Å². The molecule has 2 aliphatic rings. The molecule has 0 amide bonds. The molecule has 2 N–H and O–H groups in total. The summed E-state index contributed by atoms with van der Waals surface area (Å²) in [4.78, 5) is 11.9. The van der Waals surface area contributed by atoms with Crippen molar-refractivity contribution in [1.82, 2.24) is 0 Å². The standard InChI is InChI=1S/C21H32N2O4/c24-20(16-27-21-13-11-19(12-14-21)23(25)26)15-22(17-7-3-1-4-8-17)18-9-5-2-6-10-18/h11-14,17-18,20,24H,1-10,15-16H2/p+1/t20-/m0/s1. The number of benzene rings is 1. The van der Waals surface area contributed by atoms with Crippen molar-refractivity contribution < 1.29 is 19.7 Å². The predicted molar refractivity (Wildman–Crippen MR) is 104 cm³/mol. The maximum atomic E-state index is 10.7. The van der Waals surface area contributed by atoms with E-state index in [1.807, 2.05) is 0 Å². The fourth-order valence-electron chi connectivity index (χ4n) is 4.80. The summed E-state index contributed by atoms with van der Waals surface area (Å²) in [5.41, 5.74) is 0.0492. The van der Waals surface area contributed by atoms with Crippen LogP contribution in [0.25, 0.3) is 0 Å². The Morgan fingerprint density at radius 1 is 1.00 bits per heavy atom. The Morgan fingerprint density at radius 2 is 1.52 bits per heavy atom. The minimum Gasteiger partial charge on any atom is -0.491 e. The van der Waals surface area contributed by atoms with Gasteiger partial charge in [0.1, 0.15) is 25.0 Å². The molecule has 1 atom stereocenters. The summed E-state index contributed by atoms with van der Waals surface area (Å²) < 4.78 is 5.69. The molecule has 3 rings (SSSR count). The molecule has 0 bridgehead atoms. The first-order valence-electron chi connectivity index (χ1n) is 10.5. The van der Waals surface area contributed by atoms with Crippen LogP contribution in [0.3, 0.4) is 0 Å². The minimum absolute atomic E-state index is 0.0492. The van der Waals surface area contributed by atoms with Crippen molar-refractivity contribution in [3.05, 3.63) is 34.4 Å². The number of nitrogens with one attached hydrogen (secondary N) is 1. The molecule has 0 aliphatic heterocycles. The van der Waals surface area contributed by atoms with Crippen molar-refractivity contribution in [3.8, 4) is 5.75 Å². The Bertz CT molecular complexity index is 562. The van der Waals surface area contributed by atoms with Crippen molar-refractivity contribution >= 4 is 5.69 Å². The topological polar surface area (TPSA) is 77.0 Å². The van der Waals surface area contributed by atoms with Gasteiger partial charge in [-0.1, -0.05) is 12.8 Å². The lowest BCUT2D eigenvalue weighted by Gasteiger charge is -2.39. The minimum atomic E-state index is -0.515. The molecular weight excluding hydrogens is 344 g/mol. The zero-order valence-corrected chi connectivity index (χ0v) is 16.1. The third kappa shape index (κ3) is 5.91. The maximum absolute atomic E-state index is 10.7. The van der Waals surface area contributed by atoms with Gasteiger partial charge in [-0.15, -0.1) is 0 Å². The van der Waals surface area contributed by atoms with Crippen LogP contribution in [0.1, 0.15) is 64.2 Å². The molecule has 0 saturated heterocycles. The maximum Gasteiger partial charge on any atom is 0.269 e. The van der Waals surface area contributed by atoms with Gasteiger partial charge >= 0.3 is 0 Å². The number of hydrogen-bond donors (Lipinski definition) is 2. The molecule has 0 radical (unpaired) electrons. The summed E-state index contributed by atoms with van der Waals surface area (Å²) in [5.74, 6) is 0.566. The highest BCUT2D eigenvalue weighted by Crippen LogP contribution is 2.20. The van der Waals surface area contributed by atoms with Crippen molar-refractivity contribution in [3.63, 3.8) is 0 Å². The van der Waals surface area contributed by atoms with Gasteiger partial charge in [-0.25, -0.2) is 0 Å². The van der Waals surface area contributed by atoms with Gasteiger partial charge in [0, 0.05) is 12.1 Å². The van der Waals surface area contributed by atoms with Crippen LogP contribution in [0.15, 0.2) is 24.3 Å². The number of aliphatic hydroxyl groups excluding tert-OH is 1.